The summed E-state index contributed by atoms with van der Waals surface area (Å²) in [5.74, 6) is -0.549. The van der Waals surface area contributed by atoms with Crippen LogP contribution >= 0.6 is 0 Å². The van der Waals surface area contributed by atoms with Crippen molar-refractivity contribution in [2.24, 2.45) is 0 Å². The average molecular weight is 251 g/mol. The Balaban J connectivity index is 2.43. The number of ether oxygens (including phenoxy) is 1. The van der Waals surface area contributed by atoms with Crippen molar-refractivity contribution in [1.29, 1.82) is 0 Å². The maximum absolute atomic E-state index is 11.4. The first kappa shape index (κ1) is 12.8. The zero-order chi connectivity index (χ0) is 13.3. The van der Waals surface area contributed by atoms with Gasteiger partial charge in [0.25, 0.3) is 0 Å². The van der Waals surface area contributed by atoms with Crippen molar-refractivity contribution in [3.8, 4) is 0 Å². The van der Waals surface area contributed by atoms with Crippen molar-refractivity contribution < 1.29 is 14.6 Å². The Morgan fingerprint density at radius 2 is 2.17 bits per heavy atom. The van der Waals surface area contributed by atoms with Crippen molar-refractivity contribution in [2.45, 2.75) is 26.3 Å². The summed E-state index contributed by atoms with van der Waals surface area (Å²) in [6.07, 6.45) is 0.879. The normalized spacial score (nSPS) is 18.9. The van der Waals surface area contributed by atoms with Gasteiger partial charge in [0, 0.05) is 13.7 Å². The summed E-state index contributed by atoms with van der Waals surface area (Å²) in [7, 11) is 1.84. The van der Waals surface area contributed by atoms with Crippen LogP contribution in [0, 0.1) is 13.8 Å². The van der Waals surface area contributed by atoms with Gasteiger partial charge in [-0.3, -0.25) is 0 Å². The van der Waals surface area contributed by atoms with Crippen molar-refractivity contribution in [1.82, 2.24) is 10.2 Å². The molecule has 1 atom stereocenters. The first-order valence-corrected chi connectivity index (χ1v) is 5.90. The van der Waals surface area contributed by atoms with Gasteiger partial charge < -0.3 is 14.7 Å². The van der Waals surface area contributed by atoms with Crippen LogP contribution in [0.4, 0.5) is 5.82 Å². The van der Waals surface area contributed by atoms with E-state index in [0.29, 0.717) is 30.3 Å². The van der Waals surface area contributed by atoms with Crippen LogP contribution in [-0.2, 0) is 4.74 Å². The Hall–Kier alpha value is -1.69. The van der Waals surface area contributed by atoms with E-state index in [1.54, 1.807) is 13.8 Å². The second kappa shape index (κ2) is 4.89. The lowest BCUT2D eigenvalue weighted by atomic mass is 10.1. The molecule has 1 aliphatic heterocycles. The van der Waals surface area contributed by atoms with Crippen molar-refractivity contribution in [3.63, 3.8) is 0 Å². The second-order valence-electron chi connectivity index (χ2n) is 4.54. The molecule has 1 unspecified atom stereocenters. The highest BCUT2D eigenvalue weighted by molar-refractivity contribution is 5.95. The van der Waals surface area contributed by atoms with Crippen LogP contribution in [0.1, 0.15) is 28.0 Å². The number of hydrogen-bond donors (Lipinski definition) is 1. The summed E-state index contributed by atoms with van der Waals surface area (Å²) in [5.41, 5.74) is 1.54. The lowest BCUT2D eigenvalue weighted by molar-refractivity contribution is 0.0696. The molecule has 6 heteroatoms. The van der Waals surface area contributed by atoms with Crippen molar-refractivity contribution in [2.75, 3.05) is 25.2 Å². The summed E-state index contributed by atoms with van der Waals surface area (Å²) in [6, 6.07) is 0.166. The van der Waals surface area contributed by atoms with E-state index in [2.05, 4.69) is 10.2 Å². The van der Waals surface area contributed by atoms with Gasteiger partial charge in [-0.15, -0.1) is 5.10 Å². The molecule has 98 valence electrons. The fourth-order valence-electron chi connectivity index (χ4n) is 2.10. The quantitative estimate of drug-likeness (QED) is 0.864. The summed E-state index contributed by atoms with van der Waals surface area (Å²) in [5, 5.41) is 17.4. The number of rotatable bonds is 3. The third-order valence-electron chi connectivity index (χ3n) is 3.44. The highest BCUT2D eigenvalue weighted by atomic mass is 16.5. The predicted molar refractivity (Wildman–Crippen MR) is 66.1 cm³/mol. The molecule has 1 N–H and O–H groups in total. The molecule has 0 aromatic carbocycles. The maximum Gasteiger partial charge on any atom is 0.339 e. The Morgan fingerprint density at radius 1 is 1.44 bits per heavy atom. The van der Waals surface area contributed by atoms with Crippen LogP contribution in [0.3, 0.4) is 0 Å². The van der Waals surface area contributed by atoms with E-state index in [1.807, 2.05) is 11.9 Å². The average Bonchev–Trinajstić information content (AvgIpc) is 2.84. The Bertz CT molecular complexity index is 470. The van der Waals surface area contributed by atoms with E-state index in [0.717, 1.165) is 6.42 Å². The molecule has 0 saturated carbocycles. The molecule has 0 spiro atoms. The molecule has 0 amide bonds. The van der Waals surface area contributed by atoms with Gasteiger partial charge in [-0.1, -0.05) is 0 Å². The SMILES string of the molecule is Cc1nnc(N(C)C2CCOC2)c(C(=O)O)c1C. The summed E-state index contributed by atoms with van der Waals surface area (Å²) < 4.78 is 5.32. The summed E-state index contributed by atoms with van der Waals surface area (Å²) >= 11 is 0. The molecule has 1 fully saturated rings. The smallest absolute Gasteiger partial charge is 0.339 e. The van der Waals surface area contributed by atoms with E-state index in [-0.39, 0.29) is 11.6 Å². The molecule has 0 radical (unpaired) electrons. The van der Waals surface area contributed by atoms with Crippen LogP contribution in [0.15, 0.2) is 0 Å². The number of nitrogens with zero attached hydrogens (tertiary/aromatic N) is 3. The molecule has 18 heavy (non-hydrogen) atoms. The monoisotopic (exact) mass is 251 g/mol. The lowest BCUT2D eigenvalue weighted by Crippen LogP contribution is -2.34. The molecular formula is C12H17N3O3. The molecule has 1 saturated heterocycles. The van der Waals surface area contributed by atoms with Crippen LogP contribution in [0.25, 0.3) is 0 Å². The van der Waals surface area contributed by atoms with Crippen LogP contribution in [0.2, 0.25) is 0 Å². The van der Waals surface area contributed by atoms with E-state index in [9.17, 15) is 9.90 Å². The Morgan fingerprint density at radius 3 is 2.72 bits per heavy atom. The summed E-state index contributed by atoms with van der Waals surface area (Å²) in [6.45, 7) is 4.83. The van der Waals surface area contributed by atoms with Crippen LogP contribution < -0.4 is 4.90 Å². The second-order valence-corrected chi connectivity index (χ2v) is 4.54. The molecule has 1 aliphatic rings. The van der Waals surface area contributed by atoms with Crippen LogP contribution in [-0.4, -0.2) is 47.6 Å². The molecule has 6 nitrogen and oxygen atoms in total. The van der Waals surface area contributed by atoms with Gasteiger partial charge in [0.1, 0.15) is 5.56 Å². The number of aromatic nitrogens is 2. The minimum absolute atomic E-state index is 0.166. The van der Waals surface area contributed by atoms with Crippen molar-refractivity contribution >= 4 is 11.8 Å². The Kier molecular flexibility index (Phi) is 3.47. The van der Waals surface area contributed by atoms with E-state index >= 15 is 0 Å². The molecule has 2 rings (SSSR count). The Labute approximate surface area is 106 Å². The van der Waals surface area contributed by atoms with Gasteiger partial charge in [-0.2, -0.15) is 5.10 Å². The fraction of sp³-hybridized carbons (Fsp3) is 0.583. The topological polar surface area (TPSA) is 75.5 Å². The number of aryl methyl sites for hydroxylation is 1. The minimum atomic E-state index is -0.966. The van der Waals surface area contributed by atoms with Crippen LogP contribution in [0.5, 0.6) is 0 Å². The van der Waals surface area contributed by atoms with Gasteiger partial charge in [0.05, 0.1) is 18.3 Å². The fourth-order valence-corrected chi connectivity index (χ4v) is 2.10. The molecule has 1 aromatic rings. The number of carboxylic acid groups (broad SMARTS) is 1. The molecule has 1 aromatic heterocycles. The number of anilines is 1. The first-order valence-electron chi connectivity index (χ1n) is 5.90. The molecule has 2 heterocycles. The van der Waals surface area contributed by atoms with E-state index < -0.39 is 5.97 Å². The molecular weight excluding hydrogens is 234 g/mol. The van der Waals surface area contributed by atoms with Gasteiger partial charge >= 0.3 is 5.97 Å². The highest BCUT2D eigenvalue weighted by Gasteiger charge is 2.27. The van der Waals surface area contributed by atoms with Gasteiger partial charge in [0.15, 0.2) is 5.82 Å². The largest absolute Gasteiger partial charge is 0.478 e. The van der Waals surface area contributed by atoms with E-state index in [1.165, 1.54) is 0 Å². The maximum atomic E-state index is 11.4. The third-order valence-corrected chi connectivity index (χ3v) is 3.44. The number of carbonyl (C=O) groups is 1. The van der Waals surface area contributed by atoms with Crippen molar-refractivity contribution in [3.05, 3.63) is 16.8 Å². The molecule has 0 bridgehead atoms. The minimum Gasteiger partial charge on any atom is -0.478 e. The first-order chi connectivity index (χ1) is 8.52. The van der Waals surface area contributed by atoms with Gasteiger partial charge in [0.2, 0.25) is 0 Å². The zero-order valence-corrected chi connectivity index (χ0v) is 10.8. The zero-order valence-electron chi connectivity index (χ0n) is 10.8. The number of aromatic carboxylic acids is 1. The standard InChI is InChI=1S/C12H17N3O3/c1-7-8(2)13-14-11(10(7)12(16)17)15(3)9-4-5-18-6-9/h9H,4-6H2,1-3H3,(H,16,17). The number of hydrogen-bond acceptors (Lipinski definition) is 5. The highest BCUT2D eigenvalue weighted by Crippen LogP contribution is 2.25. The summed E-state index contributed by atoms with van der Waals surface area (Å²) in [4.78, 5) is 13.2. The third kappa shape index (κ3) is 2.15. The lowest BCUT2D eigenvalue weighted by Gasteiger charge is -2.25. The van der Waals surface area contributed by atoms with E-state index in [4.69, 9.17) is 4.74 Å². The van der Waals surface area contributed by atoms with Gasteiger partial charge in [-0.05, 0) is 25.8 Å². The van der Waals surface area contributed by atoms with Gasteiger partial charge in [-0.25, -0.2) is 4.79 Å². The number of likely N-dealkylation sites (N-methyl/N-ethyl adjacent to an activating group) is 1. The predicted octanol–water partition coefficient (Wildman–Crippen LogP) is 1.02. The number of carboxylic acids is 1. The molecule has 0 aliphatic carbocycles.